The molecule has 100 valence electrons. The van der Waals surface area contributed by atoms with Gasteiger partial charge in [0.15, 0.2) is 17.6 Å². The van der Waals surface area contributed by atoms with Gasteiger partial charge in [-0.25, -0.2) is 0 Å². The van der Waals surface area contributed by atoms with E-state index in [4.69, 9.17) is 15.2 Å². The number of nitrogens with two attached hydrogens (primary N) is 1. The highest BCUT2D eigenvalue weighted by atomic mass is 16.5. The van der Waals surface area contributed by atoms with E-state index in [1.807, 2.05) is 0 Å². The molecule has 1 aromatic rings. The van der Waals surface area contributed by atoms with E-state index in [1.54, 1.807) is 0 Å². The lowest BCUT2D eigenvalue weighted by Gasteiger charge is -2.17. The molecule has 0 aliphatic carbocycles. The van der Waals surface area contributed by atoms with Crippen molar-refractivity contribution in [3.05, 3.63) is 17.7 Å². The van der Waals surface area contributed by atoms with Gasteiger partial charge in [-0.1, -0.05) is 0 Å². The smallest absolute Gasteiger partial charge is 0.249 e. The Bertz CT molecular complexity index is 422. The van der Waals surface area contributed by atoms with Crippen molar-refractivity contribution in [3.8, 4) is 17.2 Å². The predicted molar refractivity (Wildman–Crippen MR) is 61.4 cm³/mol. The summed E-state index contributed by atoms with van der Waals surface area (Å²) in [5, 5.41) is 28.8. The number of amides is 1. The molecule has 0 spiro atoms. The average molecular weight is 257 g/mol. The molecule has 0 radical (unpaired) electrons. The van der Waals surface area contributed by atoms with Crippen LogP contribution in [0, 0.1) is 0 Å². The lowest BCUT2D eigenvalue weighted by molar-refractivity contribution is -0.131. The molecule has 2 unspecified atom stereocenters. The van der Waals surface area contributed by atoms with E-state index >= 15 is 0 Å². The second kappa shape index (κ2) is 5.56. The number of rotatable bonds is 5. The maximum atomic E-state index is 10.8. The Hall–Kier alpha value is -1.99. The van der Waals surface area contributed by atoms with E-state index in [0.717, 1.165) is 0 Å². The van der Waals surface area contributed by atoms with Crippen LogP contribution in [0.3, 0.4) is 0 Å². The molecular weight excluding hydrogens is 242 g/mol. The highest BCUT2D eigenvalue weighted by Crippen LogP contribution is 2.39. The van der Waals surface area contributed by atoms with Crippen LogP contribution in [-0.4, -0.2) is 41.6 Å². The third-order valence-corrected chi connectivity index (χ3v) is 2.43. The van der Waals surface area contributed by atoms with E-state index in [-0.39, 0.29) is 22.8 Å². The zero-order chi connectivity index (χ0) is 13.9. The number of aliphatic hydroxyl groups is 2. The van der Waals surface area contributed by atoms with Gasteiger partial charge in [0.05, 0.1) is 14.2 Å². The van der Waals surface area contributed by atoms with Gasteiger partial charge in [-0.15, -0.1) is 0 Å². The molecule has 7 nitrogen and oxygen atoms in total. The Morgan fingerprint density at radius 1 is 1.22 bits per heavy atom. The average Bonchev–Trinajstić information content (AvgIpc) is 2.37. The number of ether oxygens (including phenoxy) is 2. The number of benzene rings is 1. The summed E-state index contributed by atoms with van der Waals surface area (Å²) in [6.45, 7) is 0. The molecule has 0 aromatic heterocycles. The zero-order valence-corrected chi connectivity index (χ0v) is 9.95. The fourth-order valence-corrected chi connectivity index (χ4v) is 1.42. The van der Waals surface area contributed by atoms with Crippen LogP contribution < -0.4 is 15.2 Å². The van der Waals surface area contributed by atoms with E-state index < -0.39 is 18.1 Å². The first-order chi connectivity index (χ1) is 8.42. The fraction of sp³-hybridized carbons (Fsp3) is 0.364. The minimum atomic E-state index is -1.76. The molecule has 2 atom stereocenters. The maximum absolute atomic E-state index is 10.8. The van der Waals surface area contributed by atoms with Crippen LogP contribution in [0.5, 0.6) is 17.2 Å². The molecule has 0 fully saturated rings. The first-order valence-corrected chi connectivity index (χ1v) is 5.02. The van der Waals surface area contributed by atoms with E-state index in [9.17, 15) is 20.1 Å². The third-order valence-electron chi connectivity index (χ3n) is 2.43. The second-order valence-corrected chi connectivity index (χ2v) is 3.57. The minimum Gasteiger partial charge on any atom is -0.502 e. The molecule has 0 heterocycles. The van der Waals surface area contributed by atoms with Crippen LogP contribution in [0.25, 0.3) is 0 Å². The molecule has 5 N–H and O–H groups in total. The molecule has 1 aromatic carbocycles. The van der Waals surface area contributed by atoms with E-state index in [2.05, 4.69) is 0 Å². The van der Waals surface area contributed by atoms with Crippen LogP contribution in [0.2, 0.25) is 0 Å². The molecule has 18 heavy (non-hydrogen) atoms. The SMILES string of the molecule is COc1cc(C(O)C(O)C(N)=O)cc(OC)c1O. The number of phenols is 1. The van der Waals surface area contributed by atoms with Crippen molar-refractivity contribution in [2.24, 2.45) is 5.73 Å². The topological polar surface area (TPSA) is 122 Å². The summed E-state index contributed by atoms with van der Waals surface area (Å²) in [7, 11) is 2.63. The summed E-state index contributed by atoms with van der Waals surface area (Å²) >= 11 is 0. The Balaban J connectivity index is 3.21. The molecule has 0 bridgehead atoms. The van der Waals surface area contributed by atoms with Crippen molar-refractivity contribution in [3.63, 3.8) is 0 Å². The standard InChI is InChI=1S/C11H15NO6/c1-17-6-3-5(4-7(18-2)9(6)14)8(13)10(15)11(12)16/h3-4,8,10,13-15H,1-2H3,(H2,12,16). The van der Waals surface area contributed by atoms with Crippen molar-refractivity contribution >= 4 is 5.91 Å². The summed E-state index contributed by atoms with van der Waals surface area (Å²) in [6.07, 6.45) is -3.30. The number of phenolic OH excluding ortho intramolecular Hbond substituents is 1. The molecule has 0 saturated carbocycles. The van der Waals surface area contributed by atoms with Gasteiger partial charge >= 0.3 is 0 Å². The first-order valence-electron chi connectivity index (χ1n) is 5.02. The summed E-state index contributed by atoms with van der Waals surface area (Å²) < 4.78 is 9.76. The number of hydrogen-bond donors (Lipinski definition) is 4. The Morgan fingerprint density at radius 3 is 2.00 bits per heavy atom. The van der Waals surface area contributed by atoms with Crippen molar-refractivity contribution in [1.29, 1.82) is 0 Å². The largest absolute Gasteiger partial charge is 0.502 e. The number of methoxy groups -OCH3 is 2. The van der Waals surface area contributed by atoms with Gasteiger partial charge in [0.1, 0.15) is 6.10 Å². The van der Waals surface area contributed by atoms with E-state index in [0.29, 0.717) is 0 Å². The van der Waals surface area contributed by atoms with Crippen molar-refractivity contribution in [2.75, 3.05) is 14.2 Å². The van der Waals surface area contributed by atoms with Crippen molar-refractivity contribution in [1.82, 2.24) is 0 Å². The molecule has 0 aliphatic rings. The Kier molecular flexibility index (Phi) is 4.35. The van der Waals surface area contributed by atoms with Gasteiger partial charge in [0.25, 0.3) is 0 Å². The summed E-state index contributed by atoms with van der Waals surface area (Å²) in [5.74, 6) is -1.22. The maximum Gasteiger partial charge on any atom is 0.249 e. The lowest BCUT2D eigenvalue weighted by Crippen LogP contribution is -2.33. The van der Waals surface area contributed by atoms with Crippen LogP contribution in [-0.2, 0) is 4.79 Å². The monoisotopic (exact) mass is 257 g/mol. The molecule has 0 aliphatic heterocycles. The minimum absolute atomic E-state index is 0.0417. The zero-order valence-electron chi connectivity index (χ0n) is 9.95. The van der Waals surface area contributed by atoms with Crippen molar-refractivity contribution in [2.45, 2.75) is 12.2 Å². The third kappa shape index (κ3) is 2.63. The molecule has 7 heteroatoms. The van der Waals surface area contributed by atoms with Crippen LogP contribution >= 0.6 is 0 Å². The van der Waals surface area contributed by atoms with E-state index in [1.165, 1.54) is 26.4 Å². The number of carbonyl (C=O) groups is 1. The van der Waals surface area contributed by atoms with Gasteiger partial charge in [0.2, 0.25) is 11.7 Å². The number of aromatic hydroxyl groups is 1. The van der Waals surface area contributed by atoms with Crippen LogP contribution in [0.4, 0.5) is 0 Å². The fourth-order valence-electron chi connectivity index (χ4n) is 1.42. The summed E-state index contributed by atoms with van der Waals surface area (Å²) in [6, 6.07) is 2.54. The van der Waals surface area contributed by atoms with Gasteiger partial charge < -0.3 is 30.5 Å². The normalized spacial score (nSPS) is 13.8. The number of carbonyl (C=O) groups excluding carboxylic acids is 1. The Labute approximate surface area is 103 Å². The number of aliphatic hydroxyl groups excluding tert-OH is 2. The van der Waals surface area contributed by atoms with Gasteiger partial charge in [-0.2, -0.15) is 0 Å². The van der Waals surface area contributed by atoms with Crippen LogP contribution in [0.1, 0.15) is 11.7 Å². The van der Waals surface area contributed by atoms with Gasteiger partial charge in [-0.3, -0.25) is 4.79 Å². The van der Waals surface area contributed by atoms with Crippen molar-refractivity contribution < 1.29 is 29.6 Å². The highest BCUT2D eigenvalue weighted by Gasteiger charge is 2.25. The summed E-state index contributed by atoms with van der Waals surface area (Å²) in [5.41, 5.74) is 5.02. The molecule has 1 amide bonds. The Morgan fingerprint density at radius 2 is 1.67 bits per heavy atom. The number of hydrogen-bond acceptors (Lipinski definition) is 6. The van der Waals surface area contributed by atoms with Gasteiger partial charge in [-0.05, 0) is 17.7 Å². The molecule has 0 saturated heterocycles. The predicted octanol–water partition coefficient (Wildman–Crippen LogP) is -0.711. The first kappa shape index (κ1) is 14.1. The lowest BCUT2D eigenvalue weighted by atomic mass is 10.0. The summed E-state index contributed by atoms with van der Waals surface area (Å²) in [4.78, 5) is 10.8. The molecular formula is C11H15NO6. The highest BCUT2D eigenvalue weighted by molar-refractivity contribution is 5.79. The second-order valence-electron chi connectivity index (χ2n) is 3.57. The van der Waals surface area contributed by atoms with Crippen LogP contribution in [0.15, 0.2) is 12.1 Å². The molecule has 1 rings (SSSR count). The quantitative estimate of drug-likeness (QED) is 0.552. The van der Waals surface area contributed by atoms with Gasteiger partial charge in [0, 0.05) is 0 Å². The number of primary amides is 1.